The number of anilines is 3. The second-order valence-corrected chi connectivity index (χ2v) is 13.9. The Hall–Kier alpha value is -7.57. The van der Waals surface area contributed by atoms with Crippen molar-refractivity contribution in [1.29, 1.82) is 0 Å². The fourth-order valence-electron chi connectivity index (χ4n) is 7.86. The van der Waals surface area contributed by atoms with Gasteiger partial charge in [-0.3, -0.25) is 0 Å². The average Bonchev–Trinajstić information content (AvgIpc) is 3.90. The van der Waals surface area contributed by atoms with Crippen molar-refractivity contribution in [2.45, 2.75) is 0 Å². The van der Waals surface area contributed by atoms with Crippen LogP contribution >= 0.6 is 0 Å². The van der Waals surface area contributed by atoms with Gasteiger partial charge in [0.05, 0.1) is 0 Å². The number of hydrogen-bond donors (Lipinski definition) is 0. The summed E-state index contributed by atoms with van der Waals surface area (Å²) in [5.41, 5.74) is 9.96. The molecule has 0 N–H and O–H groups in total. The molecule has 0 saturated heterocycles. The third-order valence-corrected chi connectivity index (χ3v) is 10.6. The number of aromatic nitrogens is 2. The lowest BCUT2D eigenvalue weighted by atomic mass is 9.90. The number of benzene rings is 9. The van der Waals surface area contributed by atoms with Crippen LogP contribution in [0.4, 0.5) is 21.5 Å². The third kappa shape index (κ3) is 5.30. The molecule has 0 aliphatic rings. The van der Waals surface area contributed by atoms with Crippen LogP contribution in [-0.4, -0.2) is 9.97 Å². The predicted octanol–water partition coefficient (Wildman–Crippen LogP) is 14.0. The number of oxazole rings is 2. The Balaban J connectivity index is 1.01. The van der Waals surface area contributed by atoms with Crippen molar-refractivity contribution >= 4 is 71.6 Å². The maximum atomic E-state index is 15.7. The summed E-state index contributed by atoms with van der Waals surface area (Å²) < 4.78 is 27.9. The van der Waals surface area contributed by atoms with Gasteiger partial charge in [-0.15, -0.1) is 0 Å². The molecule has 0 amide bonds. The molecule has 0 radical (unpaired) electrons. The van der Waals surface area contributed by atoms with Crippen LogP contribution in [0.5, 0.6) is 0 Å². The highest BCUT2D eigenvalue weighted by atomic mass is 19.1. The highest BCUT2D eigenvalue weighted by molar-refractivity contribution is 6.14. The summed E-state index contributed by atoms with van der Waals surface area (Å²) in [6, 6.07) is 60.7. The molecule has 0 atom stereocenters. The summed E-state index contributed by atoms with van der Waals surface area (Å²) in [7, 11) is 0. The molecular formula is C50H30FN3O2. The lowest BCUT2D eigenvalue weighted by molar-refractivity contribution is 0.619. The van der Waals surface area contributed by atoms with Crippen molar-refractivity contribution in [2.24, 2.45) is 0 Å². The molecule has 0 aliphatic heterocycles. The standard InChI is InChI=1S/C50H30FN3O2/c51-48-41-11-3-1-9-39(41)47(40-10-2-4-12-42(40)48)35-18-17-34-30-38(28-23-33(34)29-35)54(36-24-19-31(20-25-36)49-52-43-13-5-7-15-45(43)55-49)37-26-21-32(22-27-37)50-53-44-14-6-8-16-46(44)56-50/h1-30H. The molecule has 0 aliphatic carbocycles. The second kappa shape index (κ2) is 12.8. The van der Waals surface area contributed by atoms with Crippen LogP contribution < -0.4 is 4.90 Å². The van der Waals surface area contributed by atoms with E-state index >= 15 is 4.39 Å². The molecule has 11 aromatic rings. The SMILES string of the molecule is Fc1c2ccccc2c(-c2ccc3cc(N(c4ccc(-c5nc6ccccc6o5)cc4)c4ccc(-c5nc6ccccc6o5)cc4)ccc3c2)c2ccccc12. The van der Waals surface area contributed by atoms with Gasteiger partial charge in [-0.05, 0) is 124 Å². The van der Waals surface area contributed by atoms with Crippen LogP contribution in [0.15, 0.2) is 191 Å². The molecule has 0 spiro atoms. The Kier molecular flexibility index (Phi) is 7.29. The Bertz CT molecular complexity index is 3030. The Morgan fingerprint density at radius 2 is 0.821 bits per heavy atom. The topological polar surface area (TPSA) is 55.3 Å². The fourth-order valence-corrected chi connectivity index (χ4v) is 7.86. The van der Waals surface area contributed by atoms with E-state index in [0.717, 1.165) is 83.1 Å². The van der Waals surface area contributed by atoms with Crippen LogP contribution in [-0.2, 0) is 0 Å². The van der Waals surface area contributed by atoms with E-state index < -0.39 is 0 Å². The molecule has 0 bridgehead atoms. The molecule has 2 heterocycles. The van der Waals surface area contributed by atoms with Gasteiger partial charge >= 0.3 is 0 Å². The van der Waals surface area contributed by atoms with Crippen molar-refractivity contribution in [3.05, 3.63) is 188 Å². The Morgan fingerprint density at radius 3 is 1.36 bits per heavy atom. The van der Waals surface area contributed by atoms with E-state index in [1.54, 1.807) is 0 Å². The molecule has 5 nitrogen and oxygen atoms in total. The molecule has 9 aromatic carbocycles. The van der Waals surface area contributed by atoms with E-state index in [1.165, 1.54) is 0 Å². The monoisotopic (exact) mass is 723 g/mol. The summed E-state index contributed by atoms with van der Waals surface area (Å²) in [5, 5.41) is 5.20. The van der Waals surface area contributed by atoms with Crippen LogP contribution in [0.25, 0.3) is 88.6 Å². The Morgan fingerprint density at radius 1 is 0.393 bits per heavy atom. The molecule has 0 unspecified atom stereocenters. The van der Waals surface area contributed by atoms with Crippen molar-refractivity contribution in [2.75, 3.05) is 4.90 Å². The van der Waals surface area contributed by atoms with Gasteiger partial charge in [-0.2, -0.15) is 0 Å². The summed E-state index contributed by atoms with van der Waals surface area (Å²) in [6.45, 7) is 0. The minimum atomic E-state index is -0.186. The van der Waals surface area contributed by atoms with E-state index in [-0.39, 0.29) is 5.82 Å². The van der Waals surface area contributed by atoms with E-state index in [4.69, 9.17) is 18.8 Å². The lowest BCUT2D eigenvalue weighted by Gasteiger charge is -2.26. The van der Waals surface area contributed by atoms with E-state index in [2.05, 4.69) is 65.6 Å². The first-order chi connectivity index (χ1) is 27.6. The van der Waals surface area contributed by atoms with E-state index in [1.807, 2.05) is 121 Å². The highest BCUT2D eigenvalue weighted by Gasteiger charge is 2.18. The summed E-state index contributed by atoms with van der Waals surface area (Å²) >= 11 is 0. The van der Waals surface area contributed by atoms with Crippen molar-refractivity contribution in [1.82, 2.24) is 9.97 Å². The van der Waals surface area contributed by atoms with Crippen molar-refractivity contribution in [3.8, 4) is 34.0 Å². The van der Waals surface area contributed by atoms with Gasteiger partial charge in [0.25, 0.3) is 0 Å². The number of halogens is 1. The zero-order chi connectivity index (χ0) is 37.2. The van der Waals surface area contributed by atoms with Gasteiger partial charge in [0, 0.05) is 39.0 Å². The normalized spacial score (nSPS) is 11.7. The first-order valence-corrected chi connectivity index (χ1v) is 18.5. The van der Waals surface area contributed by atoms with Gasteiger partial charge in [0.2, 0.25) is 11.8 Å². The van der Waals surface area contributed by atoms with Crippen LogP contribution in [0, 0.1) is 5.82 Å². The molecular weight excluding hydrogens is 694 g/mol. The van der Waals surface area contributed by atoms with Gasteiger partial charge in [-0.25, -0.2) is 14.4 Å². The van der Waals surface area contributed by atoms with E-state index in [0.29, 0.717) is 22.6 Å². The first kappa shape index (κ1) is 31.9. The minimum Gasteiger partial charge on any atom is -0.436 e. The summed E-state index contributed by atoms with van der Waals surface area (Å²) in [4.78, 5) is 11.7. The van der Waals surface area contributed by atoms with Crippen LogP contribution in [0.2, 0.25) is 0 Å². The maximum Gasteiger partial charge on any atom is 0.227 e. The van der Waals surface area contributed by atoms with Crippen molar-refractivity contribution in [3.63, 3.8) is 0 Å². The van der Waals surface area contributed by atoms with Crippen LogP contribution in [0.1, 0.15) is 0 Å². The second-order valence-electron chi connectivity index (χ2n) is 13.9. The number of para-hydroxylation sites is 4. The molecule has 56 heavy (non-hydrogen) atoms. The number of hydrogen-bond acceptors (Lipinski definition) is 5. The molecule has 0 fully saturated rings. The van der Waals surface area contributed by atoms with Gasteiger partial charge in [0.1, 0.15) is 16.9 Å². The third-order valence-electron chi connectivity index (χ3n) is 10.6. The van der Waals surface area contributed by atoms with Crippen LogP contribution in [0.3, 0.4) is 0 Å². The highest BCUT2D eigenvalue weighted by Crippen LogP contribution is 2.42. The quantitative estimate of drug-likeness (QED) is 0.160. The molecule has 264 valence electrons. The molecule has 11 rings (SSSR count). The number of rotatable bonds is 6. The maximum absolute atomic E-state index is 15.7. The average molecular weight is 724 g/mol. The molecule has 0 saturated carbocycles. The predicted molar refractivity (Wildman–Crippen MR) is 225 cm³/mol. The van der Waals surface area contributed by atoms with Gasteiger partial charge in [0.15, 0.2) is 11.2 Å². The largest absolute Gasteiger partial charge is 0.436 e. The number of fused-ring (bicyclic) bond motifs is 5. The first-order valence-electron chi connectivity index (χ1n) is 18.5. The molecule has 6 heteroatoms. The minimum absolute atomic E-state index is 0.186. The fraction of sp³-hybridized carbons (Fsp3) is 0. The Labute approximate surface area is 320 Å². The zero-order valence-corrected chi connectivity index (χ0v) is 29.9. The van der Waals surface area contributed by atoms with E-state index in [9.17, 15) is 0 Å². The lowest BCUT2D eigenvalue weighted by Crippen LogP contribution is -2.09. The smallest absolute Gasteiger partial charge is 0.227 e. The molecule has 2 aromatic heterocycles. The zero-order valence-electron chi connectivity index (χ0n) is 29.9. The van der Waals surface area contributed by atoms with Gasteiger partial charge in [-0.1, -0.05) is 91.0 Å². The summed E-state index contributed by atoms with van der Waals surface area (Å²) in [5.74, 6) is 0.972. The van der Waals surface area contributed by atoms with Gasteiger partial charge < -0.3 is 13.7 Å². The summed E-state index contributed by atoms with van der Waals surface area (Å²) in [6.07, 6.45) is 0. The number of nitrogens with zero attached hydrogens (tertiary/aromatic N) is 3. The van der Waals surface area contributed by atoms with Crippen molar-refractivity contribution < 1.29 is 13.2 Å².